The van der Waals surface area contributed by atoms with Gasteiger partial charge in [0.2, 0.25) is 0 Å². The number of carbonyl (C=O) groups excluding carboxylic acids is 2. The molecule has 0 aliphatic rings. The quantitative estimate of drug-likeness (QED) is 0.602. The maximum atomic E-state index is 12.1. The van der Waals surface area contributed by atoms with Crippen molar-refractivity contribution in [2.24, 2.45) is 0 Å². The van der Waals surface area contributed by atoms with Crippen LogP contribution < -0.4 is 15.4 Å². The predicted molar refractivity (Wildman–Crippen MR) is 101 cm³/mol. The molecule has 0 saturated heterocycles. The summed E-state index contributed by atoms with van der Waals surface area (Å²) in [6.07, 6.45) is 1.44. The molecular weight excluding hydrogens is 344 g/mol. The summed E-state index contributed by atoms with van der Waals surface area (Å²) in [5.74, 6) is 0.542. The van der Waals surface area contributed by atoms with Crippen molar-refractivity contribution in [2.75, 3.05) is 13.1 Å². The molecule has 138 valence electrons. The molecule has 1 heterocycles. The van der Waals surface area contributed by atoms with E-state index in [-0.39, 0.29) is 17.6 Å². The van der Waals surface area contributed by atoms with E-state index in [4.69, 9.17) is 9.15 Å². The number of furan rings is 1. The molecule has 0 aliphatic heterocycles. The molecular formula is C21H20N2O4. The summed E-state index contributed by atoms with van der Waals surface area (Å²) in [6, 6.07) is 20.0. The van der Waals surface area contributed by atoms with Crippen LogP contribution in [0.5, 0.6) is 5.75 Å². The van der Waals surface area contributed by atoms with Crippen molar-refractivity contribution >= 4 is 11.8 Å². The van der Waals surface area contributed by atoms with E-state index in [9.17, 15) is 9.59 Å². The van der Waals surface area contributed by atoms with Gasteiger partial charge in [-0.2, -0.15) is 0 Å². The van der Waals surface area contributed by atoms with E-state index in [1.165, 1.54) is 6.26 Å². The molecule has 0 aliphatic carbocycles. The zero-order valence-corrected chi connectivity index (χ0v) is 14.7. The first-order valence-corrected chi connectivity index (χ1v) is 8.59. The minimum atomic E-state index is -0.308. The molecule has 0 fully saturated rings. The van der Waals surface area contributed by atoms with Gasteiger partial charge in [-0.25, -0.2) is 0 Å². The fraction of sp³-hybridized carbons (Fsp3) is 0.143. The van der Waals surface area contributed by atoms with Crippen LogP contribution in [0.1, 0.15) is 26.5 Å². The molecule has 0 unspecified atom stereocenters. The van der Waals surface area contributed by atoms with Gasteiger partial charge in [-0.05, 0) is 42.0 Å². The van der Waals surface area contributed by atoms with Gasteiger partial charge in [-0.3, -0.25) is 9.59 Å². The summed E-state index contributed by atoms with van der Waals surface area (Å²) in [6.45, 7) is 1.07. The zero-order valence-electron chi connectivity index (χ0n) is 14.7. The van der Waals surface area contributed by atoms with Crippen LogP contribution in [-0.4, -0.2) is 24.9 Å². The van der Waals surface area contributed by atoms with Gasteiger partial charge in [-0.1, -0.05) is 30.3 Å². The molecule has 0 radical (unpaired) electrons. The van der Waals surface area contributed by atoms with Crippen LogP contribution in [-0.2, 0) is 6.61 Å². The average molecular weight is 364 g/mol. The van der Waals surface area contributed by atoms with Gasteiger partial charge in [0, 0.05) is 18.7 Å². The monoisotopic (exact) mass is 364 g/mol. The highest BCUT2D eigenvalue weighted by Gasteiger charge is 2.08. The Morgan fingerprint density at radius 3 is 2.19 bits per heavy atom. The van der Waals surface area contributed by atoms with Crippen molar-refractivity contribution in [3.63, 3.8) is 0 Å². The minimum Gasteiger partial charge on any atom is -0.489 e. The number of carbonyl (C=O) groups is 2. The normalized spacial score (nSPS) is 10.2. The summed E-state index contributed by atoms with van der Waals surface area (Å²) in [5.41, 5.74) is 1.52. The van der Waals surface area contributed by atoms with Gasteiger partial charge < -0.3 is 19.8 Å². The van der Waals surface area contributed by atoms with Crippen molar-refractivity contribution in [3.8, 4) is 5.75 Å². The third-order valence-corrected chi connectivity index (χ3v) is 3.81. The molecule has 1 aromatic heterocycles. The molecule has 0 atom stereocenters. The lowest BCUT2D eigenvalue weighted by atomic mass is 10.1. The highest BCUT2D eigenvalue weighted by Crippen LogP contribution is 2.12. The Labute approximate surface area is 157 Å². The third-order valence-electron chi connectivity index (χ3n) is 3.81. The molecule has 6 heteroatoms. The zero-order chi connectivity index (χ0) is 18.9. The van der Waals surface area contributed by atoms with E-state index in [0.717, 1.165) is 11.3 Å². The smallest absolute Gasteiger partial charge is 0.287 e. The number of rotatable bonds is 8. The lowest BCUT2D eigenvalue weighted by Crippen LogP contribution is -2.34. The van der Waals surface area contributed by atoms with Gasteiger partial charge in [-0.15, -0.1) is 0 Å². The molecule has 0 spiro atoms. The number of para-hydroxylation sites is 1. The highest BCUT2D eigenvalue weighted by molar-refractivity contribution is 5.94. The summed E-state index contributed by atoms with van der Waals surface area (Å²) < 4.78 is 10.7. The standard InChI is InChI=1S/C21H20N2O4/c24-20(22-12-13-23-21(25)19-7-4-14-26-19)17-10-8-16(9-11-17)15-27-18-5-2-1-3-6-18/h1-11,14H,12-13,15H2,(H,22,24)(H,23,25). The Bertz CT molecular complexity index is 859. The summed E-state index contributed by atoms with van der Waals surface area (Å²) in [5, 5.41) is 5.43. The fourth-order valence-electron chi connectivity index (χ4n) is 2.38. The van der Waals surface area contributed by atoms with Crippen molar-refractivity contribution in [1.29, 1.82) is 0 Å². The summed E-state index contributed by atoms with van der Waals surface area (Å²) in [7, 11) is 0. The number of benzene rings is 2. The van der Waals surface area contributed by atoms with Gasteiger partial charge in [0.15, 0.2) is 5.76 Å². The predicted octanol–water partition coefficient (Wildman–Crippen LogP) is 3.02. The molecule has 2 aromatic carbocycles. The number of hydrogen-bond acceptors (Lipinski definition) is 4. The van der Waals surface area contributed by atoms with Crippen LogP contribution in [0.25, 0.3) is 0 Å². The van der Waals surface area contributed by atoms with Gasteiger partial charge in [0.25, 0.3) is 11.8 Å². The van der Waals surface area contributed by atoms with E-state index in [1.807, 2.05) is 42.5 Å². The molecule has 0 saturated carbocycles. The Morgan fingerprint density at radius 2 is 1.52 bits per heavy atom. The van der Waals surface area contributed by atoms with Gasteiger partial charge >= 0.3 is 0 Å². The number of amides is 2. The molecule has 6 nitrogen and oxygen atoms in total. The molecule has 3 aromatic rings. The Morgan fingerprint density at radius 1 is 0.815 bits per heavy atom. The molecule has 3 rings (SSSR count). The average Bonchev–Trinajstić information content (AvgIpc) is 3.25. The number of ether oxygens (including phenoxy) is 1. The summed E-state index contributed by atoms with van der Waals surface area (Å²) >= 11 is 0. The Balaban J connectivity index is 1.40. The number of hydrogen-bond donors (Lipinski definition) is 2. The van der Waals surface area contributed by atoms with Crippen LogP contribution in [0, 0.1) is 0 Å². The molecule has 0 bridgehead atoms. The lowest BCUT2D eigenvalue weighted by Gasteiger charge is -2.08. The molecule has 2 amide bonds. The van der Waals surface area contributed by atoms with Crippen molar-refractivity contribution in [2.45, 2.75) is 6.61 Å². The summed E-state index contributed by atoms with van der Waals surface area (Å²) in [4.78, 5) is 23.8. The van der Waals surface area contributed by atoms with E-state index in [0.29, 0.717) is 25.3 Å². The van der Waals surface area contributed by atoms with Crippen LogP contribution >= 0.6 is 0 Å². The van der Waals surface area contributed by atoms with Crippen LogP contribution in [0.2, 0.25) is 0 Å². The second-order valence-corrected chi connectivity index (χ2v) is 5.79. The van der Waals surface area contributed by atoms with Gasteiger partial charge in [0.05, 0.1) is 6.26 Å². The van der Waals surface area contributed by atoms with E-state index in [2.05, 4.69) is 10.6 Å². The Kier molecular flexibility index (Phi) is 6.25. The van der Waals surface area contributed by atoms with Crippen LogP contribution in [0.3, 0.4) is 0 Å². The lowest BCUT2D eigenvalue weighted by molar-refractivity contribution is 0.0910. The molecule has 2 N–H and O–H groups in total. The van der Waals surface area contributed by atoms with Crippen molar-refractivity contribution in [3.05, 3.63) is 89.9 Å². The van der Waals surface area contributed by atoms with Crippen LogP contribution in [0.4, 0.5) is 0 Å². The molecule has 27 heavy (non-hydrogen) atoms. The van der Waals surface area contributed by atoms with Crippen molar-refractivity contribution < 1.29 is 18.7 Å². The van der Waals surface area contributed by atoms with E-state index in [1.54, 1.807) is 24.3 Å². The second-order valence-electron chi connectivity index (χ2n) is 5.79. The maximum Gasteiger partial charge on any atom is 0.287 e. The Hall–Kier alpha value is -3.54. The maximum absolute atomic E-state index is 12.1. The minimum absolute atomic E-state index is 0.197. The van der Waals surface area contributed by atoms with Crippen molar-refractivity contribution in [1.82, 2.24) is 10.6 Å². The first-order chi connectivity index (χ1) is 13.2. The van der Waals surface area contributed by atoms with E-state index < -0.39 is 0 Å². The second kappa shape index (κ2) is 9.24. The fourth-order valence-corrected chi connectivity index (χ4v) is 2.38. The first kappa shape index (κ1) is 18.3. The highest BCUT2D eigenvalue weighted by atomic mass is 16.5. The van der Waals surface area contributed by atoms with E-state index >= 15 is 0 Å². The van der Waals surface area contributed by atoms with Gasteiger partial charge in [0.1, 0.15) is 12.4 Å². The SMILES string of the molecule is O=C(NCCNC(=O)c1ccco1)c1ccc(COc2ccccc2)cc1. The largest absolute Gasteiger partial charge is 0.489 e. The van der Waals surface area contributed by atoms with Crippen LogP contribution in [0.15, 0.2) is 77.4 Å². The first-order valence-electron chi connectivity index (χ1n) is 8.59. The third kappa shape index (κ3) is 5.47. The topological polar surface area (TPSA) is 80.6 Å². The number of nitrogens with one attached hydrogen (secondary N) is 2.